The van der Waals surface area contributed by atoms with Gasteiger partial charge in [-0.1, -0.05) is 12.1 Å². The molecule has 13 nitrogen and oxygen atoms in total. The fourth-order valence-corrected chi connectivity index (χ4v) is 2.80. The van der Waals surface area contributed by atoms with E-state index in [1.807, 2.05) is 18.2 Å². The molecule has 0 aromatic heterocycles. The van der Waals surface area contributed by atoms with Gasteiger partial charge in [-0.25, -0.2) is 4.79 Å². The number of esters is 1. The van der Waals surface area contributed by atoms with Crippen molar-refractivity contribution in [2.45, 2.75) is 0 Å². The summed E-state index contributed by atoms with van der Waals surface area (Å²) in [5.74, 6) is 0.257. The molecular weight excluding hydrogens is 530 g/mol. The molecule has 0 aliphatic rings. The lowest BCUT2D eigenvalue weighted by Crippen LogP contribution is -2.16. The smallest absolute Gasteiger partial charge is 0.331 e. The lowest BCUT2D eigenvalue weighted by Gasteiger charge is -2.09. The molecule has 0 bridgehead atoms. The summed E-state index contributed by atoms with van der Waals surface area (Å²) in [5, 5.41) is 0. The SMILES string of the molecule is COC(=O)COCCOCCOCCOCCOCCOCCOCCOCCOCCOc1ccccc1N. The van der Waals surface area contributed by atoms with Crippen molar-refractivity contribution < 1.29 is 56.9 Å². The Morgan fingerprint density at radius 1 is 0.525 bits per heavy atom. The lowest BCUT2D eigenvalue weighted by atomic mass is 10.3. The summed E-state index contributed by atoms with van der Waals surface area (Å²) in [6, 6.07) is 7.36. The van der Waals surface area contributed by atoms with E-state index < -0.39 is 5.97 Å². The first-order chi connectivity index (χ1) is 19.7. The highest BCUT2D eigenvalue weighted by atomic mass is 16.6. The Bertz CT molecular complexity index is 697. The van der Waals surface area contributed by atoms with E-state index in [0.29, 0.717) is 130 Å². The quantitative estimate of drug-likeness (QED) is 0.0788. The molecule has 0 saturated heterocycles. The van der Waals surface area contributed by atoms with Crippen molar-refractivity contribution >= 4 is 11.7 Å². The van der Waals surface area contributed by atoms with E-state index in [0.717, 1.165) is 0 Å². The Kier molecular flexibility index (Phi) is 25.6. The summed E-state index contributed by atoms with van der Waals surface area (Å²) in [4.78, 5) is 10.8. The van der Waals surface area contributed by atoms with Gasteiger partial charge in [-0.15, -0.1) is 0 Å². The van der Waals surface area contributed by atoms with E-state index in [1.165, 1.54) is 7.11 Å². The van der Waals surface area contributed by atoms with Gasteiger partial charge in [0.25, 0.3) is 0 Å². The van der Waals surface area contributed by atoms with Crippen LogP contribution in [0.15, 0.2) is 24.3 Å². The van der Waals surface area contributed by atoms with Gasteiger partial charge in [0, 0.05) is 0 Å². The standard InChI is InChI=1S/C27H47NO12/c1-30-27(29)24-39-21-20-37-17-16-35-13-12-33-9-8-31-6-7-32-10-11-34-14-15-36-18-19-38-22-23-40-26-5-3-2-4-25(26)28/h2-5H,6-24,28H2,1H3. The second-order valence-corrected chi connectivity index (χ2v) is 7.91. The zero-order chi connectivity index (χ0) is 28.8. The third-order valence-electron chi connectivity index (χ3n) is 4.83. The number of methoxy groups -OCH3 is 1. The molecule has 1 aromatic rings. The van der Waals surface area contributed by atoms with Crippen LogP contribution in [0.25, 0.3) is 0 Å². The maximum Gasteiger partial charge on any atom is 0.331 e. The fourth-order valence-electron chi connectivity index (χ4n) is 2.80. The van der Waals surface area contributed by atoms with Crippen molar-refractivity contribution in [1.29, 1.82) is 0 Å². The van der Waals surface area contributed by atoms with Gasteiger partial charge in [0.2, 0.25) is 0 Å². The number of ether oxygens (including phenoxy) is 11. The Morgan fingerprint density at radius 3 is 1.20 bits per heavy atom. The molecule has 40 heavy (non-hydrogen) atoms. The van der Waals surface area contributed by atoms with Gasteiger partial charge in [-0.2, -0.15) is 0 Å². The average molecular weight is 578 g/mol. The van der Waals surface area contributed by atoms with Crippen LogP contribution in [-0.4, -0.2) is 139 Å². The first kappa shape index (κ1) is 36.0. The van der Waals surface area contributed by atoms with Crippen LogP contribution < -0.4 is 10.5 Å². The minimum Gasteiger partial charge on any atom is -0.489 e. The lowest BCUT2D eigenvalue weighted by molar-refractivity contribution is -0.146. The van der Waals surface area contributed by atoms with Crippen LogP contribution in [0.3, 0.4) is 0 Å². The summed E-state index contributed by atoms with van der Waals surface area (Å²) in [6.07, 6.45) is 0. The van der Waals surface area contributed by atoms with Gasteiger partial charge in [-0.3, -0.25) is 0 Å². The van der Waals surface area contributed by atoms with Gasteiger partial charge in [0.15, 0.2) is 0 Å². The predicted molar refractivity (Wildman–Crippen MR) is 146 cm³/mol. The van der Waals surface area contributed by atoms with Gasteiger partial charge in [0.05, 0.1) is 125 Å². The molecule has 0 amide bonds. The molecule has 0 atom stereocenters. The first-order valence-corrected chi connectivity index (χ1v) is 13.5. The zero-order valence-corrected chi connectivity index (χ0v) is 23.7. The molecule has 0 aliphatic carbocycles. The molecule has 1 aromatic carbocycles. The number of carbonyl (C=O) groups is 1. The highest BCUT2D eigenvalue weighted by Gasteiger charge is 2.00. The zero-order valence-electron chi connectivity index (χ0n) is 23.7. The van der Waals surface area contributed by atoms with E-state index in [9.17, 15) is 4.79 Å². The molecule has 0 saturated carbocycles. The van der Waals surface area contributed by atoms with Crippen LogP contribution in [0.2, 0.25) is 0 Å². The van der Waals surface area contributed by atoms with Crippen molar-refractivity contribution in [3.8, 4) is 5.75 Å². The fraction of sp³-hybridized carbons (Fsp3) is 0.741. The van der Waals surface area contributed by atoms with Crippen molar-refractivity contribution in [1.82, 2.24) is 0 Å². The van der Waals surface area contributed by atoms with Crippen molar-refractivity contribution in [2.75, 3.05) is 138 Å². The molecule has 0 spiro atoms. The van der Waals surface area contributed by atoms with E-state index in [4.69, 9.17) is 53.1 Å². The molecular formula is C27H47NO12. The predicted octanol–water partition coefficient (Wildman–Crippen LogP) is 0.970. The van der Waals surface area contributed by atoms with Gasteiger partial charge < -0.3 is 57.8 Å². The molecule has 0 aliphatic heterocycles. The Labute approximate surface area is 237 Å². The second-order valence-electron chi connectivity index (χ2n) is 7.91. The van der Waals surface area contributed by atoms with Crippen molar-refractivity contribution in [2.24, 2.45) is 0 Å². The number of benzene rings is 1. The van der Waals surface area contributed by atoms with Gasteiger partial charge in [-0.05, 0) is 12.1 Å². The van der Waals surface area contributed by atoms with Gasteiger partial charge >= 0.3 is 5.97 Å². The molecule has 0 unspecified atom stereocenters. The van der Waals surface area contributed by atoms with Gasteiger partial charge in [0.1, 0.15) is 19.0 Å². The van der Waals surface area contributed by atoms with Crippen LogP contribution >= 0.6 is 0 Å². The third kappa shape index (κ3) is 23.8. The number of rotatable bonds is 30. The van der Waals surface area contributed by atoms with E-state index in [2.05, 4.69) is 4.74 Å². The van der Waals surface area contributed by atoms with E-state index in [1.54, 1.807) is 6.07 Å². The molecule has 0 fully saturated rings. The maximum atomic E-state index is 10.8. The Balaban J connectivity index is 1.65. The topological polar surface area (TPSA) is 145 Å². The molecule has 1 rings (SSSR count). The number of anilines is 1. The highest BCUT2D eigenvalue weighted by Crippen LogP contribution is 2.19. The van der Waals surface area contributed by atoms with Crippen molar-refractivity contribution in [3.05, 3.63) is 24.3 Å². The first-order valence-electron chi connectivity index (χ1n) is 13.5. The number of nitrogens with two attached hydrogens (primary N) is 1. The summed E-state index contributed by atoms with van der Waals surface area (Å²) >= 11 is 0. The maximum absolute atomic E-state index is 10.8. The van der Waals surface area contributed by atoms with E-state index >= 15 is 0 Å². The van der Waals surface area contributed by atoms with E-state index in [-0.39, 0.29) is 6.61 Å². The largest absolute Gasteiger partial charge is 0.489 e. The summed E-state index contributed by atoms with van der Waals surface area (Å²) in [6.45, 7) is 8.36. The minimum atomic E-state index is -0.408. The average Bonchev–Trinajstić information content (AvgIpc) is 2.97. The Hall–Kier alpha value is -2.07. The van der Waals surface area contributed by atoms with Crippen LogP contribution in [0, 0.1) is 0 Å². The number of para-hydroxylation sites is 2. The summed E-state index contributed by atoms with van der Waals surface area (Å²) in [5.41, 5.74) is 6.42. The molecule has 13 heteroatoms. The number of carbonyl (C=O) groups excluding carboxylic acids is 1. The Morgan fingerprint density at radius 2 is 0.850 bits per heavy atom. The van der Waals surface area contributed by atoms with Crippen LogP contribution in [0.5, 0.6) is 5.75 Å². The molecule has 232 valence electrons. The third-order valence-corrected chi connectivity index (χ3v) is 4.83. The minimum absolute atomic E-state index is 0.0700. The van der Waals surface area contributed by atoms with Crippen LogP contribution in [0.4, 0.5) is 5.69 Å². The molecule has 2 N–H and O–H groups in total. The highest BCUT2D eigenvalue weighted by molar-refractivity contribution is 5.70. The van der Waals surface area contributed by atoms with Crippen LogP contribution in [-0.2, 0) is 52.2 Å². The van der Waals surface area contributed by atoms with Crippen molar-refractivity contribution in [3.63, 3.8) is 0 Å². The summed E-state index contributed by atoms with van der Waals surface area (Å²) in [7, 11) is 1.31. The number of nitrogen functional groups attached to an aromatic ring is 1. The molecule has 0 heterocycles. The summed E-state index contributed by atoms with van der Waals surface area (Å²) < 4.78 is 58.4. The monoisotopic (exact) mass is 577 g/mol. The number of hydrogen-bond donors (Lipinski definition) is 1. The molecule has 0 radical (unpaired) electrons. The number of hydrogen-bond acceptors (Lipinski definition) is 13. The van der Waals surface area contributed by atoms with Crippen LogP contribution in [0.1, 0.15) is 0 Å². The second kappa shape index (κ2) is 28.5. The normalized spacial score (nSPS) is 11.1.